The summed E-state index contributed by atoms with van der Waals surface area (Å²) in [6, 6.07) is 29.8. The Morgan fingerprint density at radius 2 is 1.35 bits per heavy atom. The van der Waals surface area contributed by atoms with E-state index in [4.69, 9.17) is 4.74 Å². The lowest BCUT2D eigenvalue weighted by Gasteiger charge is -2.17. The molecule has 154 valence electrons. The lowest BCUT2D eigenvalue weighted by atomic mass is 9.93. The molecule has 1 amide bonds. The van der Waals surface area contributed by atoms with Gasteiger partial charge in [-0.15, -0.1) is 0 Å². The molecule has 0 aliphatic carbocycles. The van der Waals surface area contributed by atoms with Crippen LogP contribution in [0.25, 0.3) is 22.3 Å². The van der Waals surface area contributed by atoms with Crippen molar-refractivity contribution in [1.29, 1.82) is 0 Å². The van der Waals surface area contributed by atoms with Crippen LogP contribution in [0.4, 0.5) is 5.69 Å². The highest BCUT2D eigenvalue weighted by molar-refractivity contribution is 6.07. The first-order valence-electron chi connectivity index (χ1n) is 10.3. The number of hydrogen-bond donors (Lipinski definition) is 1. The number of methoxy groups -OCH3 is 1. The molecule has 4 aromatic carbocycles. The summed E-state index contributed by atoms with van der Waals surface area (Å²) in [6.45, 7) is 4.17. The summed E-state index contributed by atoms with van der Waals surface area (Å²) >= 11 is 0. The van der Waals surface area contributed by atoms with Gasteiger partial charge in [-0.1, -0.05) is 60.2 Å². The molecule has 0 unspecified atom stereocenters. The zero-order valence-electron chi connectivity index (χ0n) is 18.0. The smallest absolute Gasteiger partial charge is 0.255 e. The van der Waals surface area contributed by atoms with Crippen LogP contribution in [0.2, 0.25) is 0 Å². The fraction of sp³-hybridized carbons (Fsp3) is 0.107. The van der Waals surface area contributed by atoms with E-state index in [0.29, 0.717) is 5.56 Å². The first-order chi connectivity index (χ1) is 15.0. The van der Waals surface area contributed by atoms with Gasteiger partial charge in [0.2, 0.25) is 0 Å². The van der Waals surface area contributed by atoms with Crippen molar-refractivity contribution in [3.05, 3.63) is 108 Å². The highest BCUT2D eigenvalue weighted by Gasteiger charge is 2.14. The molecule has 0 heterocycles. The second-order valence-corrected chi connectivity index (χ2v) is 7.63. The molecular weight excluding hydrogens is 382 g/mol. The molecule has 3 heteroatoms. The maximum Gasteiger partial charge on any atom is 0.255 e. The zero-order valence-corrected chi connectivity index (χ0v) is 18.0. The molecule has 0 aliphatic heterocycles. The van der Waals surface area contributed by atoms with Crippen LogP contribution >= 0.6 is 0 Å². The molecule has 0 bridgehead atoms. The quantitative estimate of drug-likeness (QED) is 0.391. The lowest BCUT2D eigenvalue weighted by Crippen LogP contribution is -2.12. The number of aryl methyl sites for hydroxylation is 2. The van der Waals surface area contributed by atoms with Gasteiger partial charge in [0.15, 0.2) is 0 Å². The average Bonchev–Trinajstić information content (AvgIpc) is 2.81. The van der Waals surface area contributed by atoms with E-state index in [-0.39, 0.29) is 5.91 Å². The molecule has 0 atom stereocenters. The fourth-order valence-electron chi connectivity index (χ4n) is 3.65. The van der Waals surface area contributed by atoms with Crippen LogP contribution in [0.5, 0.6) is 5.75 Å². The van der Waals surface area contributed by atoms with Gasteiger partial charge in [0, 0.05) is 16.8 Å². The Morgan fingerprint density at radius 1 is 0.742 bits per heavy atom. The van der Waals surface area contributed by atoms with Gasteiger partial charge in [-0.2, -0.15) is 0 Å². The molecule has 0 saturated carbocycles. The van der Waals surface area contributed by atoms with Gasteiger partial charge >= 0.3 is 0 Å². The maximum absolute atomic E-state index is 12.9. The van der Waals surface area contributed by atoms with Crippen molar-refractivity contribution in [2.24, 2.45) is 0 Å². The van der Waals surface area contributed by atoms with Crippen LogP contribution in [-0.4, -0.2) is 13.0 Å². The normalized spacial score (nSPS) is 10.5. The maximum atomic E-state index is 12.9. The third-order valence-corrected chi connectivity index (χ3v) is 5.41. The van der Waals surface area contributed by atoms with Crippen LogP contribution < -0.4 is 10.1 Å². The fourth-order valence-corrected chi connectivity index (χ4v) is 3.65. The highest BCUT2D eigenvalue weighted by atomic mass is 16.5. The minimum absolute atomic E-state index is 0.126. The van der Waals surface area contributed by atoms with Crippen LogP contribution in [0.15, 0.2) is 91.0 Å². The van der Waals surface area contributed by atoms with Gasteiger partial charge in [0.05, 0.1) is 7.11 Å². The molecule has 4 aromatic rings. The largest absolute Gasteiger partial charge is 0.497 e. The van der Waals surface area contributed by atoms with Crippen LogP contribution in [0.3, 0.4) is 0 Å². The summed E-state index contributed by atoms with van der Waals surface area (Å²) in [6.07, 6.45) is 0. The zero-order chi connectivity index (χ0) is 21.8. The number of rotatable bonds is 5. The summed E-state index contributed by atoms with van der Waals surface area (Å²) in [4.78, 5) is 12.9. The molecule has 0 spiro atoms. The Hall–Kier alpha value is -3.85. The van der Waals surface area contributed by atoms with E-state index >= 15 is 0 Å². The van der Waals surface area contributed by atoms with Gasteiger partial charge in [-0.3, -0.25) is 4.79 Å². The average molecular weight is 408 g/mol. The summed E-state index contributed by atoms with van der Waals surface area (Å²) in [7, 11) is 1.66. The standard InChI is InChI=1S/C28H25NO2/c1-19-9-11-22(12-10-19)26-17-20(2)25(21-13-15-24(31-3)16-14-21)18-27(26)29-28(30)23-7-5-4-6-8-23/h4-18H,1-3H3,(H,29,30). The molecule has 0 aliphatic rings. The number of benzene rings is 4. The molecule has 4 rings (SSSR count). The Kier molecular flexibility index (Phi) is 5.85. The van der Waals surface area contributed by atoms with E-state index in [0.717, 1.165) is 39.3 Å². The van der Waals surface area contributed by atoms with Crippen molar-refractivity contribution in [2.75, 3.05) is 12.4 Å². The number of hydrogen-bond acceptors (Lipinski definition) is 2. The van der Waals surface area contributed by atoms with Crippen LogP contribution in [0, 0.1) is 13.8 Å². The van der Waals surface area contributed by atoms with Crippen molar-refractivity contribution in [3.63, 3.8) is 0 Å². The topological polar surface area (TPSA) is 38.3 Å². The summed E-state index contributed by atoms with van der Waals surface area (Å²) < 4.78 is 5.29. The molecule has 1 N–H and O–H groups in total. The van der Waals surface area contributed by atoms with Crippen molar-refractivity contribution in [1.82, 2.24) is 0 Å². The van der Waals surface area contributed by atoms with Crippen LogP contribution in [0.1, 0.15) is 21.5 Å². The molecule has 0 saturated heterocycles. The Bertz CT molecular complexity index is 1190. The van der Waals surface area contributed by atoms with Gasteiger partial charge in [-0.25, -0.2) is 0 Å². The Morgan fingerprint density at radius 3 is 2.00 bits per heavy atom. The Labute approximate surface area is 183 Å². The third-order valence-electron chi connectivity index (χ3n) is 5.41. The van der Waals surface area contributed by atoms with Gasteiger partial charge in [-0.05, 0) is 72.5 Å². The van der Waals surface area contributed by atoms with Gasteiger partial charge < -0.3 is 10.1 Å². The van der Waals surface area contributed by atoms with Crippen molar-refractivity contribution < 1.29 is 9.53 Å². The monoisotopic (exact) mass is 407 g/mol. The number of carbonyl (C=O) groups excluding carboxylic acids is 1. The summed E-state index contributed by atoms with van der Waals surface area (Å²) in [5, 5.41) is 3.14. The Balaban J connectivity index is 1.81. The van der Waals surface area contributed by atoms with Gasteiger partial charge in [0.1, 0.15) is 5.75 Å². The van der Waals surface area contributed by atoms with Crippen molar-refractivity contribution in [3.8, 4) is 28.0 Å². The van der Waals surface area contributed by atoms with Crippen LogP contribution in [-0.2, 0) is 0 Å². The minimum atomic E-state index is -0.126. The summed E-state index contributed by atoms with van der Waals surface area (Å²) in [5.41, 5.74) is 7.96. The predicted molar refractivity (Wildman–Crippen MR) is 128 cm³/mol. The van der Waals surface area contributed by atoms with Crippen molar-refractivity contribution in [2.45, 2.75) is 13.8 Å². The van der Waals surface area contributed by atoms with E-state index < -0.39 is 0 Å². The number of nitrogens with one attached hydrogen (secondary N) is 1. The minimum Gasteiger partial charge on any atom is -0.497 e. The summed E-state index contributed by atoms with van der Waals surface area (Å²) in [5.74, 6) is 0.689. The van der Waals surface area contributed by atoms with E-state index in [1.165, 1.54) is 5.56 Å². The first-order valence-corrected chi connectivity index (χ1v) is 10.3. The molecule has 31 heavy (non-hydrogen) atoms. The third kappa shape index (κ3) is 4.51. The predicted octanol–water partition coefficient (Wildman–Crippen LogP) is 6.90. The number of anilines is 1. The lowest BCUT2D eigenvalue weighted by molar-refractivity contribution is 0.102. The van der Waals surface area contributed by atoms with Gasteiger partial charge in [0.25, 0.3) is 5.91 Å². The van der Waals surface area contributed by atoms with E-state index in [1.54, 1.807) is 7.11 Å². The highest BCUT2D eigenvalue weighted by Crippen LogP contribution is 2.36. The molecule has 3 nitrogen and oxygen atoms in total. The van der Waals surface area contributed by atoms with E-state index in [1.807, 2.05) is 54.6 Å². The van der Waals surface area contributed by atoms with E-state index in [2.05, 4.69) is 55.6 Å². The van der Waals surface area contributed by atoms with E-state index in [9.17, 15) is 4.79 Å². The second kappa shape index (κ2) is 8.88. The number of amides is 1. The molecular formula is C28H25NO2. The number of carbonyl (C=O) groups is 1. The second-order valence-electron chi connectivity index (χ2n) is 7.63. The first kappa shape index (κ1) is 20.4. The van der Waals surface area contributed by atoms with Crippen molar-refractivity contribution >= 4 is 11.6 Å². The molecule has 0 aromatic heterocycles. The number of ether oxygens (including phenoxy) is 1. The molecule has 0 fully saturated rings. The SMILES string of the molecule is COc1ccc(-c2cc(NC(=O)c3ccccc3)c(-c3ccc(C)cc3)cc2C)cc1. The molecule has 0 radical (unpaired) electrons.